The third kappa shape index (κ3) is 4.65. The van der Waals surface area contributed by atoms with Gasteiger partial charge in [-0.2, -0.15) is 9.78 Å². The van der Waals surface area contributed by atoms with Crippen LogP contribution in [0.15, 0.2) is 88.6 Å². The zero-order chi connectivity index (χ0) is 22.5. The summed E-state index contributed by atoms with van der Waals surface area (Å²) >= 11 is 6.05. The van der Waals surface area contributed by atoms with Crippen LogP contribution >= 0.6 is 11.6 Å². The van der Waals surface area contributed by atoms with Gasteiger partial charge in [0.2, 0.25) is 5.69 Å². The maximum Gasteiger partial charge on any atom is 0.352 e. The molecule has 1 amide bonds. The normalized spacial score (nSPS) is 10.7. The highest BCUT2D eigenvalue weighted by Gasteiger charge is 2.20. The Morgan fingerprint density at radius 2 is 1.75 bits per heavy atom. The molecule has 0 atom stereocenters. The molecular weight excluding hydrogens is 430 g/mol. The van der Waals surface area contributed by atoms with Gasteiger partial charge in [0.25, 0.3) is 11.5 Å². The number of pyridine rings is 1. The number of rotatable bonds is 6. The van der Waals surface area contributed by atoms with Crippen molar-refractivity contribution in [3.8, 4) is 5.69 Å². The average Bonchev–Trinajstić information content (AvgIpc) is 2.81. The lowest BCUT2D eigenvalue weighted by atomic mass is 10.2. The van der Waals surface area contributed by atoms with Crippen LogP contribution in [0.5, 0.6) is 0 Å². The van der Waals surface area contributed by atoms with Crippen LogP contribution in [0.1, 0.15) is 21.7 Å². The standard InChI is InChI=1S/C23H18ClN5O3/c24-17-8-6-7-16(13-17)15-28-22(31)20(21(30)26-14-18-9-4-5-12-25-18)27-29(23(28)32)19-10-2-1-3-11-19/h1-13H,14-15H2,(H,26,30). The molecule has 2 aromatic heterocycles. The molecule has 4 aromatic rings. The quantitative estimate of drug-likeness (QED) is 0.489. The van der Waals surface area contributed by atoms with E-state index >= 15 is 0 Å². The molecular formula is C23H18ClN5O3. The van der Waals surface area contributed by atoms with E-state index in [1.165, 1.54) is 0 Å². The topological polar surface area (TPSA) is 98.9 Å². The highest BCUT2D eigenvalue weighted by molar-refractivity contribution is 6.30. The van der Waals surface area contributed by atoms with Crippen LogP contribution < -0.4 is 16.6 Å². The predicted molar refractivity (Wildman–Crippen MR) is 120 cm³/mol. The van der Waals surface area contributed by atoms with E-state index in [1.54, 1.807) is 79.0 Å². The third-order valence-electron chi connectivity index (χ3n) is 4.66. The number of benzene rings is 2. The van der Waals surface area contributed by atoms with Gasteiger partial charge in [0.1, 0.15) is 0 Å². The molecule has 0 saturated heterocycles. The van der Waals surface area contributed by atoms with Crippen molar-refractivity contribution in [2.24, 2.45) is 0 Å². The monoisotopic (exact) mass is 447 g/mol. The van der Waals surface area contributed by atoms with Crippen molar-refractivity contribution >= 4 is 17.5 Å². The fourth-order valence-corrected chi connectivity index (χ4v) is 3.32. The highest BCUT2D eigenvalue weighted by Crippen LogP contribution is 2.11. The maximum absolute atomic E-state index is 13.1. The third-order valence-corrected chi connectivity index (χ3v) is 4.90. The first kappa shape index (κ1) is 21.2. The molecule has 4 rings (SSSR count). The first-order valence-corrected chi connectivity index (χ1v) is 10.1. The molecule has 2 heterocycles. The second-order valence-corrected chi connectivity index (χ2v) is 7.34. The Morgan fingerprint density at radius 1 is 0.969 bits per heavy atom. The molecule has 2 aromatic carbocycles. The van der Waals surface area contributed by atoms with Crippen LogP contribution in [-0.2, 0) is 13.1 Å². The average molecular weight is 448 g/mol. The fraction of sp³-hybridized carbons (Fsp3) is 0.0870. The van der Waals surface area contributed by atoms with Gasteiger partial charge in [-0.05, 0) is 42.0 Å². The summed E-state index contributed by atoms with van der Waals surface area (Å²) in [5.41, 5.74) is -0.162. The SMILES string of the molecule is O=C(NCc1ccccn1)c1nn(-c2ccccc2)c(=O)n(Cc2cccc(Cl)c2)c1=O. The van der Waals surface area contributed by atoms with Crippen LogP contribution in [-0.4, -0.2) is 25.2 Å². The lowest BCUT2D eigenvalue weighted by Crippen LogP contribution is -2.46. The van der Waals surface area contributed by atoms with Crippen molar-refractivity contribution < 1.29 is 4.79 Å². The summed E-state index contributed by atoms with van der Waals surface area (Å²) in [5.74, 6) is -0.704. The summed E-state index contributed by atoms with van der Waals surface area (Å²) in [6, 6.07) is 20.7. The number of halogens is 1. The Hall–Kier alpha value is -4.04. The molecule has 9 heteroatoms. The lowest BCUT2D eigenvalue weighted by molar-refractivity contribution is 0.0940. The van der Waals surface area contributed by atoms with Gasteiger partial charge in [-0.15, -0.1) is 0 Å². The Labute approximate surface area is 187 Å². The molecule has 0 aliphatic heterocycles. The Balaban J connectivity index is 1.77. The zero-order valence-electron chi connectivity index (χ0n) is 16.8. The second kappa shape index (κ2) is 9.40. The molecule has 8 nitrogen and oxygen atoms in total. The van der Waals surface area contributed by atoms with Crippen molar-refractivity contribution in [3.63, 3.8) is 0 Å². The molecule has 0 aliphatic carbocycles. The van der Waals surface area contributed by atoms with E-state index in [0.717, 1.165) is 9.25 Å². The van der Waals surface area contributed by atoms with Crippen LogP contribution in [0.2, 0.25) is 5.02 Å². The molecule has 0 spiro atoms. The van der Waals surface area contributed by atoms with Crippen LogP contribution in [0, 0.1) is 0 Å². The number of hydrogen-bond donors (Lipinski definition) is 1. The first-order valence-electron chi connectivity index (χ1n) is 9.75. The smallest absolute Gasteiger partial charge is 0.345 e. The Morgan fingerprint density at radius 3 is 2.47 bits per heavy atom. The molecule has 0 fully saturated rings. The van der Waals surface area contributed by atoms with E-state index in [1.807, 2.05) is 0 Å². The van der Waals surface area contributed by atoms with Crippen molar-refractivity contribution in [2.75, 3.05) is 0 Å². The van der Waals surface area contributed by atoms with Gasteiger partial charge in [-0.1, -0.05) is 48.0 Å². The number of amides is 1. The second-order valence-electron chi connectivity index (χ2n) is 6.90. The number of nitrogens with zero attached hydrogens (tertiary/aromatic N) is 4. The molecule has 0 radical (unpaired) electrons. The van der Waals surface area contributed by atoms with Crippen LogP contribution in [0.4, 0.5) is 0 Å². The number of nitrogens with one attached hydrogen (secondary N) is 1. The molecule has 32 heavy (non-hydrogen) atoms. The van der Waals surface area contributed by atoms with Crippen LogP contribution in [0.3, 0.4) is 0 Å². The van der Waals surface area contributed by atoms with Gasteiger partial charge in [0.15, 0.2) is 0 Å². The summed E-state index contributed by atoms with van der Waals surface area (Å²) in [6.07, 6.45) is 1.60. The van der Waals surface area contributed by atoms with Gasteiger partial charge < -0.3 is 5.32 Å². The van der Waals surface area contributed by atoms with E-state index in [-0.39, 0.29) is 13.1 Å². The Kier molecular flexibility index (Phi) is 6.23. The van der Waals surface area contributed by atoms with Gasteiger partial charge in [-0.3, -0.25) is 19.1 Å². The molecule has 0 aliphatic rings. The van der Waals surface area contributed by atoms with Gasteiger partial charge in [0.05, 0.1) is 24.5 Å². The summed E-state index contributed by atoms with van der Waals surface area (Å²) in [7, 11) is 0. The molecule has 1 N–H and O–H groups in total. The predicted octanol–water partition coefficient (Wildman–Crippen LogP) is 2.42. The molecule has 160 valence electrons. The molecule has 0 unspecified atom stereocenters. The van der Waals surface area contributed by atoms with Crippen LogP contribution in [0.25, 0.3) is 5.69 Å². The molecule has 0 saturated carbocycles. The van der Waals surface area contributed by atoms with Gasteiger partial charge in [-0.25, -0.2) is 4.79 Å². The minimum Gasteiger partial charge on any atom is -0.345 e. The fourth-order valence-electron chi connectivity index (χ4n) is 3.11. The zero-order valence-corrected chi connectivity index (χ0v) is 17.6. The van der Waals surface area contributed by atoms with Crippen molar-refractivity contribution in [1.82, 2.24) is 24.6 Å². The number of carbonyl (C=O) groups is 1. The van der Waals surface area contributed by atoms with E-state index in [2.05, 4.69) is 15.4 Å². The first-order chi connectivity index (χ1) is 15.5. The highest BCUT2D eigenvalue weighted by atomic mass is 35.5. The summed E-state index contributed by atoms with van der Waals surface area (Å²) in [5, 5.41) is 7.20. The van der Waals surface area contributed by atoms with Crippen molar-refractivity contribution in [1.29, 1.82) is 0 Å². The molecule has 0 bridgehead atoms. The van der Waals surface area contributed by atoms with E-state index in [4.69, 9.17) is 11.6 Å². The van der Waals surface area contributed by atoms with E-state index in [9.17, 15) is 14.4 Å². The number of carbonyl (C=O) groups excluding carboxylic acids is 1. The summed E-state index contributed by atoms with van der Waals surface area (Å²) in [6.45, 7) is 0.0493. The minimum absolute atomic E-state index is 0.0614. The van der Waals surface area contributed by atoms with E-state index in [0.29, 0.717) is 22.0 Å². The largest absolute Gasteiger partial charge is 0.352 e. The van der Waals surface area contributed by atoms with E-state index < -0.39 is 22.9 Å². The summed E-state index contributed by atoms with van der Waals surface area (Å²) in [4.78, 5) is 43.2. The van der Waals surface area contributed by atoms with Crippen molar-refractivity contribution in [2.45, 2.75) is 13.1 Å². The maximum atomic E-state index is 13.1. The number of hydrogen-bond acceptors (Lipinski definition) is 5. The number of para-hydroxylation sites is 1. The van der Waals surface area contributed by atoms with Gasteiger partial charge in [0, 0.05) is 11.2 Å². The Bertz CT molecular complexity index is 1370. The lowest BCUT2D eigenvalue weighted by Gasteiger charge is -2.12. The minimum atomic E-state index is -0.791. The summed E-state index contributed by atoms with van der Waals surface area (Å²) < 4.78 is 2.02. The number of aromatic nitrogens is 4. The van der Waals surface area contributed by atoms with Crippen molar-refractivity contribution in [3.05, 3.63) is 122 Å². The van der Waals surface area contributed by atoms with Gasteiger partial charge >= 0.3 is 5.69 Å².